The Morgan fingerprint density at radius 2 is 1.74 bits per heavy atom. The number of halogens is 1. The Morgan fingerprint density at radius 1 is 1.11 bits per heavy atom. The van der Waals surface area contributed by atoms with Crippen LogP contribution in [-0.4, -0.2) is 5.91 Å². The molecule has 2 rings (SSSR count). The average Bonchev–Trinajstić information content (AvgIpc) is 2.39. The van der Waals surface area contributed by atoms with Crippen LogP contribution in [-0.2, 0) is 0 Å². The first-order valence-electron chi connectivity index (χ1n) is 6.20. The Bertz CT molecular complexity index is 595. The third-order valence-corrected chi connectivity index (χ3v) is 4.06. The summed E-state index contributed by atoms with van der Waals surface area (Å²) in [6.07, 6.45) is 0. The van der Waals surface area contributed by atoms with Gasteiger partial charge in [-0.2, -0.15) is 0 Å². The van der Waals surface area contributed by atoms with Gasteiger partial charge in [0, 0.05) is 3.57 Å². The zero-order chi connectivity index (χ0) is 13.8. The van der Waals surface area contributed by atoms with E-state index in [-0.39, 0.29) is 11.9 Å². The van der Waals surface area contributed by atoms with Gasteiger partial charge in [-0.3, -0.25) is 4.79 Å². The van der Waals surface area contributed by atoms with Crippen molar-refractivity contribution in [2.24, 2.45) is 0 Å². The van der Waals surface area contributed by atoms with E-state index in [2.05, 4.69) is 47.0 Å². The molecular formula is C16H16INO. The zero-order valence-electron chi connectivity index (χ0n) is 11.0. The van der Waals surface area contributed by atoms with Crippen molar-refractivity contribution in [3.8, 4) is 0 Å². The maximum Gasteiger partial charge on any atom is 0.252 e. The first kappa shape index (κ1) is 14.1. The molecule has 0 saturated heterocycles. The lowest BCUT2D eigenvalue weighted by molar-refractivity contribution is 0.0939. The van der Waals surface area contributed by atoms with E-state index in [0.29, 0.717) is 0 Å². The first-order chi connectivity index (χ1) is 9.09. The van der Waals surface area contributed by atoms with Gasteiger partial charge in [0.15, 0.2) is 0 Å². The molecule has 98 valence electrons. The highest BCUT2D eigenvalue weighted by molar-refractivity contribution is 14.1. The normalized spacial score (nSPS) is 11.9. The highest BCUT2D eigenvalue weighted by Gasteiger charge is 2.14. The van der Waals surface area contributed by atoms with Gasteiger partial charge in [-0.1, -0.05) is 36.4 Å². The van der Waals surface area contributed by atoms with Crippen LogP contribution >= 0.6 is 22.6 Å². The van der Waals surface area contributed by atoms with E-state index in [1.54, 1.807) is 0 Å². The summed E-state index contributed by atoms with van der Waals surface area (Å²) in [5.41, 5.74) is 3.07. The molecule has 0 aliphatic carbocycles. The Balaban J connectivity index is 2.16. The molecule has 2 aromatic carbocycles. The number of nitrogens with one attached hydrogen (secondary N) is 1. The number of hydrogen-bond donors (Lipinski definition) is 1. The quantitative estimate of drug-likeness (QED) is 0.816. The van der Waals surface area contributed by atoms with Crippen LogP contribution in [0, 0.1) is 10.5 Å². The third kappa shape index (κ3) is 3.35. The van der Waals surface area contributed by atoms with E-state index >= 15 is 0 Å². The molecule has 19 heavy (non-hydrogen) atoms. The number of amides is 1. The Morgan fingerprint density at radius 3 is 2.42 bits per heavy atom. The van der Waals surface area contributed by atoms with E-state index in [1.807, 2.05) is 43.3 Å². The number of carbonyl (C=O) groups is 1. The molecule has 0 aromatic heterocycles. The monoisotopic (exact) mass is 365 g/mol. The molecule has 0 aliphatic rings. The molecule has 1 amide bonds. The van der Waals surface area contributed by atoms with Gasteiger partial charge in [0.2, 0.25) is 0 Å². The van der Waals surface area contributed by atoms with Gasteiger partial charge in [0.05, 0.1) is 11.6 Å². The summed E-state index contributed by atoms with van der Waals surface area (Å²) in [7, 11) is 0. The van der Waals surface area contributed by atoms with Crippen LogP contribution in [0.1, 0.15) is 34.5 Å². The molecule has 1 atom stereocenters. The number of carbonyl (C=O) groups excluding carboxylic acids is 1. The molecule has 0 aliphatic heterocycles. The second-order valence-corrected chi connectivity index (χ2v) is 5.69. The summed E-state index contributed by atoms with van der Waals surface area (Å²) in [5, 5.41) is 3.05. The number of hydrogen-bond acceptors (Lipinski definition) is 1. The van der Waals surface area contributed by atoms with Gasteiger partial charge >= 0.3 is 0 Å². The summed E-state index contributed by atoms with van der Waals surface area (Å²) >= 11 is 2.18. The number of rotatable bonds is 3. The van der Waals surface area contributed by atoms with Gasteiger partial charge in [-0.05, 0) is 59.7 Å². The zero-order valence-corrected chi connectivity index (χ0v) is 13.1. The van der Waals surface area contributed by atoms with Crippen LogP contribution in [0.3, 0.4) is 0 Å². The minimum atomic E-state index is -0.0271. The standard InChI is InChI=1S/C16H16INO/c1-11-7-3-4-8-13(11)12(2)18-16(19)14-9-5-6-10-15(14)17/h3-10,12H,1-2H3,(H,18,19). The van der Waals surface area contributed by atoms with Crippen LogP contribution < -0.4 is 5.32 Å². The molecule has 0 bridgehead atoms. The van der Waals surface area contributed by atoms with Crippen molar-refractivity contribution in [3.63, 3.8) is 0 Å². The fourth-order valence-corrected chi connectivity index (χ4v) is 2.70. The van der Waals surface area contributed by atoms with E-state index in [4.69, 9.17) is 0 Å². The fraction of sp³-hybridized carbons (Fsp3) is 0.188. The summed E-state index contributed by atoms with van der Waals surface area (Å²) in [5.74, 6) is -0.0271. The van der Waals surface area contributed by atoms with Crippen LogP contribution in [0.25, 0.3) is 0 Å². The smallest absolute Gasteiger partial charge is 0.252 e. The van der Waals surface area contributed by atoms with Crippen LogP contribution in [0.2, 0.25) is 0 Å². The highest BCUT2D eigenvalue weighted by atomic mass is 127. The number of aryl methyl sites for hydroxylation is 1. The number of benzene rings is 2. The minimum absolute atomic E-state index is 0.00436. The van der Waals surface area contributed by atoms with E-state index in [0.717, 1.165) is 14.7 Å². The first-order valence-corrected chi connectivity index (χ1v) is 7.28. The Labute approximate surface area is 127 Å². The average molecular weight is 365 g/mol. The van der Waals surface area contributed by atoms with Crippen molar-refractivity contribution < 1.29 is 4.79 Å². The predicted octanol–water partition coefficient (Wildman–Crippen LogP) is 4.09. The molecule has 1 unspecified atom stereocenters. The van der Waals surface area contributed by atoms with Gasteiger partial charge in [-0.15, -0.1) is 0 Å². The Hall–Kier alpha value is -1.36. The van der Waals surface area contributed by atoms with Crippen molar-refractivity contribution >= 4 is 28.5 Å². The molecule has 0 radical (unpaired) electrons. The SMILES string of the molecule is Cc1ccccc1C(C)NC(=O)c1ccccc1I. The predicted molar refractivity (Wildman–Crippen MR) is 86.2 cm³/mol. The lowest BCUT2D eigenvalue weighted by Gasteiger charge is -2.17. The molecule has 2 aromatic rings. The van der Waals surface area contributed by atoms with Crippen molar-refractivity contribution in [2.75, 3.05) is 0 Å². The van der Waals surface area contributed by atoms with Gasteiger partial charge in [0.1, 0.15) is 0 Å². The van der Waals surface area contributed by atoms with Gasteiger partial charge in [0.25, 0.3) is 5.91 Å². The maximum atomic E-state index is 12.2. The summed E-state index contributed by atoms with van der Waals surface area (Å²) in [6, 6.07) is 15.7. The lowest BCUT2D eigenvalue weighted by atomic mass is 10.0. The van der Waals surface area contributed by atoms with Crippen molar-refractivity contribution in [3.05, 3.63) is 68.8 Å². The van der Waals surface area contributed by atoms with Crippen LogP contribution in [0.4, 0.5) is 0 Å². The van der Waals surface area contributed by atoms with Crippen LogP contribution in [0.5, 0.6) is 0 Å². The molecular weight excluding hydrogens is 349 g/mol. The van der Waals surface area contributed by atoms with Gasteiger partial charge < -0.3 is 5.32 Å². The second-order valence-electron chi connectivity index (χ2n) is 4.53. The molecule has 0 spiro atoms. The highest BCUT2D eigenvalue weighted by Crippen LogP contribution is 2.18. The van der Waals surface area contributed by atoms with Crippen LogP contribution in [0.15, 0.2) is 48.5 Å². The fourth-order valence-electron chi connectivity index (χ4n) is 2.07. The van der Waals surface area contributed by atoms with Crippen molar-refractivity contribution in [1.29, 1.82) is 0 Å². The lowest BCUT2D eigenvalue weighted by Crippen LogP contribution is -2.27. The largest absolute Gasteiger partial charge is 0.345 e. The van der Waals surface area contributed by atoms with E-state index in [1.165, 1.54) is 5.56 Å². The van der Waals surface area contributed by atoms with E-state index < -0.39 is 0 Å². The van der Waals surface area contributed by atoms with Crippen molar-refractivity contribution in [2.45, 2.75) is 19.9 Å². The third-order valence-electron chi connectivity index (χ3n) is 3.12. The topological polar surface area (TPSA) is 29.1 Å². The molecule has 0 heterocycles. The Kier molecular flexibility index (Phi) is 4.58. The van der Waals surface area contributed by atoms with Gasteiger partial charge in [-0.25, -0.2) is 0 Å². The second kappa shape index (κ2) is 6.19. The summed E-state index contributed by atoms with van der Waals surface area (Å²) in [6.45, 7) is 4.07. The molecule has 0 fully saturated rings. The minimum Gasteiger partial charge on any atom is -0.345 e. The van der Waals surface area contributed by atoms with E-state index in [9.17, 15) is 4.79 Å². The molecule has 3 heteroatoms. The van der Waals surface area contributed by atoms with Crippen molar-refractivity contribution in [1.82, 2.24) is 5.32 Å². The molecule has 2 nitrogen and oxygen atoms in total. The summed E-state index contributed by atoms with van der Waals surface area (Å²) < 4.78 is 0.967. The maximum absolute atomic E-state index is 12.2. The molecule has 1 N–H and O–H groups in total. The summed E-state index contributed by atoms with van der Waals surface area (Å²) in [4.78, 5) is 12.2. The molecule has 0 saturated carbocycles.